The van der Waals surface area contributed by atoms with Crippen molar-refractivity contribution in [3.63, 3.8) is 0 Å². The lowest BCUT2D eigenvalue weighted by Crippen LogP contribution is -2.40. The summed E-state index contributed by atoms with van der Waals surface area (Å²) in [6.45, 7) is 3.04. The number of aryl methyl sites for hydroxylation is 1. The third-order valence-electron chi connectivity index (χ3n) is 7.48. The zero-order valence-corrected chi connectivity index (χ0v) is 27.4. The van der Waals surface area contributed by atoms with Gasteiger partial charge in [-0.3, -0.25) is 4.84 Å². The highest BCUT2D eigenvalue weighted by Gasteiger charge is 2.36. The fourth-order valence-corrected chi connectivity index (χ4v) is 5.86. The number of aromatic nitrogens is 2. The molecule has 1 N–H and O–H groups in total. The smallest absolute Gasteiger partial charge is 0.435 e. The molecule has 0 aliphatic carbocycles. The first-order valence-electron chi connectivity index (χ1n) is 15.1. The van der Waals surface area contributed by atoms with E-state index in [2.05, 4.69) is 10.4 Å². The van der Waals surface area contributed by atoms with Gasteiger partial charge in [0.05, 0.1) is 33.4 Å². The van der Waals surface area contributed by atoms with Crippen LogP contribution in [0.2, 0.25) is 0 Å². The third-order valence-corrected chi connectivity index (χ3v) is 8.81. The van der Waals surface area contributed by atoms with Gasteiger partial charge in [0.15, 0.2) is 5.69 Å². The van der Waals surface area contributed by atoms with Crippen LogP contribution in [0.4, 0.5) is 18.0 Å². The highest BCUT2D eigenvalue weighted by Crippen LogP contribution is 2.33. The van der Waals surface area contributed by atoms with Gasteiger partial charge in [-0.2, -0.15) is 18.3 Å². The molecule has 5 rings (SSSR count). The number of sulfonamides is 1. The molecule has 1 fully saturated rings. The Morgan fingerprint density at radius 3 is 2.42 bits per heavy atom. The molecule has 14 nitrogen and oxygen atoms in total. The predicted octanol–water partition coefficient (Wildman–Crippen LogP) is 5.76. The molecule has 264 valence electrons. The lowest BCUT2D eigenvalue weighted by Gasteiger charge is -2.20. The summed E-state index contributed by atoms with van der Waals surface area (Å²) in [5, 5.41) is 20.9. The van der Waals surface area contributed by atoms with Crippen LogP contribution in [-0.2, 0) is 30.5 Å². The van der Waals surface area contributed by atoms with Crippen molar-refractivity contribution in [1.82, 2.24) is 19.5 Å². The lowest BCUT2D eigenvalue weighted by molar-refractivity contribution is -0.716. The number of alkyl halides is 3. The summed E-state index contributed by atoms with van der Waals surface area (Å²) in [6.07, 6.45) is -6.31. The SMILES string of the molecule is Cc1ccc(-c2cc(C(F)(F)F)nn2-c2ccc(S(=O)(=O)NC(=O)OC[C@@H]3CCCN3[N+]([O-])=NOC(C)OC(=O)c3ccccc3)cc2)cc1. The van der Waals surface area contributed by atoms with Gasteiger partial charge in [-0.05, 0) is 62.2 Å². The van der Waals surface area contributed by atoms with E-state index in [1.54, 1.807) is 59.3 Å². The van der Waals surface area contributed by atoms with E-state index in [0.717, 1.165) is 28.4 Å². The number of hydrogen-bond donors (Lipinski definition) is 1. The molecule has 0 radical (unpaired) electrons. The van der Waals surface area contributed by atoms with Crippen LogP contribution < -0.4 is 4.72 Å². The Balaban J connectivity index is 1.18. The van der Waals surface area contributed by atoms with Crippen LogP contribution in [0.1, 0.15) is 41.4 Å². The number of hydrazine groups is 1. The van der Waals surface area contributed by atoms with Crippen molar-refractivity contribution < 1.29 is 50.5 Å². The molecule has 50 heavy (non-hydrogen) atoms. The Hall–Kier alpha value is -5.65. The van der Waals surface area contributed by atoms with Gasteiger partial charge in [0.2, 0.25) is 5.28 Å². The molecule has 1 aliphatic heterocycles. The van der Waals surface area contributed by atoms with Crippen LogP contribution in [0.3, 0.4) is 0 Å². The fourth-order valence-electron chi connectivity index (χ4n) is 4.97. The summed E-state index contributed by atoms with van der Waals surface area (Å²) in [4.78, 5) is 29.4. The maximum atomic E-state index is 13.5. The Kier molecular flexibility index (Phi) is 10.6. The predicted molar refractivity (Wildman–Crippen MR) is 169 cm³/mol. The van der Waals surface area contributed by atoms with Gasteiger partial charge in [-0.25, -0.2) is 27.4 Å². The maximum Gasteiger partial charge on any atom is 0.435 e. The number of esters is 1. The van der Waals surface area contributed by atoms with Crippen LogP contribution in [-0.4, -0.2) is 65.7 Å². The summed E-state index contributed by atoms with van der Waals surface area (Å²) in [7, 11) is -4.47. The summed E-state index contributed by atoms with van der Waals surface area (Å²) in [6, 6.07) is 19.8. The Morgan fingerprint density at radius 1 is 1.08 bits per heavy atom. The van der Waals surface area contributed by atoms with Crippen LogP contribution in [0.25, 0.3) is 16.9 Å². The fraction of sp³-hybridized carbons (Fsp3) is 0.281. The van der Waals surface area contributed by atoms with Crippen molar-refractivity contribution in [2.45, 2.75) is 50.1 Å². The number of rotatable bonds is 11. The molecule has 1 aliphatic rings. The van der Waals surface area contributed by atoms with Gasteiger partial charge in [-0.1, -0.05) is 48.0 Å². The van der Waals surface area contributed by atoms with E-state index >= 15 is 0 Å². The first-order chi connectivity index (χ1) is 23.7. The highest BCUT2D eigenvalue weighted by molar-refractivity contribution is 7.90. The second-order valence-corrected chi connectivity index (χ2v) is 12.8. The van der Waals surface area contributed by atoms with Gasteiger partial charge in [0, 0.05) is 12.5 Å². The second kappa shape index (κ2) is 14.9. The number of carbonyl (C=O) groups excluding carboxylic acids is 2. The molecule has 0 saturated carbocycles. The molecule has 1 amide bonds. The van der Waals surface area contributed by atoms with E-state index in [-0.39, 0.29) is 40.0 Å². The average molecular weight is 717 g/mol. The van der Waals surface area contributed by atoms with Crippen LogP contribution in [0.15, 0.2) is 95.1 Å². The number of halogens is 3. The first kappa shape index (κ1) is 35.7. The molecular formula is C32H31F3N6O8S. The topological polar surface area (TPSA) is 167 Å². The number of hydrogen-bond acceptors (Lipinski definition) is 10. The summed E-state index contributed by atoms with van der Waals surface area (Å²) < 4.78 is 79.4. The molecule has 18 heteroatoms. The van der Waals surface area contributed by atoms with E-state index in [4.69, 9.17) is 14.3 Å². The molecule has 1 saturated heterocycles. The minimum atomic E-state index is -4.72. The molecule has 1 unspecified atom stereocenters. The maximum absolute atomic E-state index is 13.5. The van der Waals surface area contributed by atoms with Crippen LogP contribution in [0.5, 0.6) is 0 Å². The van der Waals surface area contributed by atoms with Gasteiger partial charge in [0.1, 0.15) is 12.6 Å². The van der Waals surface area contributed by atoms with Crippen molar-refractivity contribution in [2.75, 3.05) is 13.2 Å². The summed E-state index contributed by atoms with van der Waals surface area (Å²) in [5.74, 6) is -0.681. The minimum Gasteiger partial charge on any atom is -0.569 e. The van der Waals surface area contributed by atoms with Crippen molar-refractivity contribution in [1.29, 1.82) is 0 Å². The lowest BCUT2D eigenvalue weighted by atomic mass is 10.1. The minimum absolute atomic E-state index is 0.131. The highest BCUT2D eigenvalue weighted by atomic mass is 32.2. The van der Waals surface area contributed by atoms with Gasteiger partial charge in [0.25, 0.3) is 16.3 Å². The van der Waals surface area contributed by atoms with Gasteiger partial charge in [-0.15, -0.1) is 5.01 Å². The van der Waals surface area contributed by atoms with E-state index in [9.17, 15) is 36.4 Å². The van der Waals surface area contributed by atoms with Crippen molar-refractivity contribution in [3.8, 4) is 16.9 Å². The first-order valence-corrected chi connectivity index (χ1v) is 16.6. The Labute approximate surface area is 284 Å². The zero-order valence-electron chi connectivity index (χ0n) is 26.6. The Bertz CT molecular complexity index is 1950. The van der Waals surface area contributed by atoms with Gasteiger partial charge >= 0.3 is 18.2 Å². The summed E-state index contributed by atoms with van der Waals surface area (Å²) >= 11 is 0. The molecule has 0 bridgehead atoms. The number of nitrogens with zero attached hydrogens (tertiary/aromatic N) is 5. The number of benzene rings is 3. The van der Waals surface area contributed by atoms with Crippen LogP contribution >= 0.6 is 0 Å². The number of ether oxygens (including phenoxy) is 2. The average Bonchev–Trinajstić information content (AvgIpc) is 3.75. The van der Waals surface area contributed by atoms with Crippen molar-refractivity contribution >= 4 is 22.1 Å². The normalized spacial score (nSPS) is 15.7. The van der Waals surface area contributed by atoms with Crippen molar-refractivity contribution in [3.05, 3.63) is 107 Å². The van der Waals surface area contributed by atoms with Crippen molar-refractivity contribution in [2.24, 2.45) is 5.28 Å². The molecule has 4 aromatic rings. The van der Waals surface area contributed by atoms with E-state index in [1.807, 2.05) is 6.92 Å². The van der Waals surface area contributed by atoms with E-state index in [1.165, 1.54) is 24.1 Å². The standard InChI is InChI=1S/C32H31F3N6O8S/c1-21-10-12-23(13-11-21)28-19-29(32(33,34)35)36-40(28)25-14-16-27(17-15-25)50(45,46)37-31(43)47-20-26-9-6-18-39(26)41(44)38-49-22(2)48-30(42)24-7-4-3-5-8-24/h3-5,7-8,10-17,19,22,26H,6,9,18,20H2,1-2H3,(H,37,43)/t22?,26-/m0/s1. The molecule has 2 heterocycles. The monoisotopic (exact) mass is 716 g/mol. The summed E-state index contributed by atoms with van der Waals surface area (Å²) in [5.41, 5.74) is 0.781. The van der Waals surface area contributed by atoms with Gasteiger partial charge < -0.3 is 14.7 Å². The molecule has 1 aromatic heterocycles. The van der Waals surface area contributed by atoms with E-state index in [0.29, 0.717) is 18.4 Å². The largest absolute Gasteiger partial charge is 0.569 e. The quantitative estimate of drug-likeness (QED) is 0.0663. The third kappa shape index (κ3) is 8.68. The molecule has 3 aromatic carbocycles. The second-order valence-electron chi connectivity index (χ2n) is 11.1. The molecular weight excluding hydrogens is 685 g/mol. The Morgan fingerprint density at radius 2 is 1.76 bits per heavy atom. The zero-order chi connectivity index (χ0) is 36.1. The molecule has 2 atom stereocenters. The van der Waals surface area contributed by atoms with Crippen LogP contribution in [0, 0.1) is 12.1 Å². The molecule has 0 spiro atoms. The number of carbonyl (C=O) groups is 2. The number of nitrogens with one attached hydrogen (secondary N) is 1. The number of amides is 1. The van der Waals surface area contributed by atoms with E-state index < -0.39 is 46.3 Å².